The van der Waals surface area contributed by atoms with Gasteiger partial charge in [0, 0.05) is 12.1 Å². The number of phenolic OH excluding ortho intramolecular Hbond substituents is 1. The molecule has 2 N–H and O–H groups in total. The SMILES string of the molecule is COc1ccc(N2C(=O)C(O)=C(C(=O)CCc3ccccc3)C2c2cccc(O)c2)cc1. The molecule has 0 spiro atoms. The van der Waals surface area contributed by atoms with Crippen LogP contribution in [0, 0.1) is 0 Å². The van der Waals surface area contributed by atoms with Crippen LogP contribution in [-0.2, 0) is 16.0 Å². The van der Waals surface area contributed by atoms with Gasteiger partial charge in [0.05, 0.1) is 18.7 Å². The number of aliphatic hydroxyl groups excluding tert-OH is 1. The third kappa shape index (κ3) is 4.07. The number of amides is 1. The monoisotopic (exact) mass is 429 g/mol. The first-order chi connectivity index (χ1) is 15.5. The fourth-order valence-electron chi connectivity index (χ4n) is 3.95. The van der Waals surface area contributed by atoms with Gasteiger partial charge < -0.3 is 14.9 Å². The van der Waals surface area contributed by atoms with Gasteiger partial charge in [0.2, 0.25) is 0 Å². The Labute approximate surface area is 186 Å². The van der Waals surface area contributed by atoms with Gasteiger partial charge in [-0.05, 0) is 53.9 Å². The predicted octanol–water partition coefficient (Wildman–Crippen LogP) is 4.50. The van der Waals surface area contributed by atoms with Gasteiger partial charge in [-0.25, -0.2) is 0 Å². The zero-order valence-corrected chi connectivity index (χ0v) is 17.6. The summed E-state index contributed by atoms with van der Waals surface area (Å²) in [5.41, 5.74) is 2.06. The van der Waals surface area contributed by atoms with Crippen molar-refractivity contribution < 1.29 is 24.5 Å². The smallest absolute Gasteiger partial charge is 0.294 e. The Morgan fingerprint density at radius 3 is 2.34 bits per heavy atom. The van der Waals surface area contributed by atoms with Crippen LogP contribution < -0.4 is 9.64 Å². The molecule has 3 aromatic carbocycles. The summed E-state index contributed by atoms with van der Waals surface area (Å²) in [4.78, 5) is 27.7. The van der Waals surface area contributed by atoms with E-state index in [-0.39, 0.29) is 23.5 Å². The van der Waals surface area contributed by atoms with Crippen molar-refractivity contribution in [2.45, 2.75) is 18.9 Å². The van der Waals surface area contributed by atoms with Gasteiger partial charge in [0.1, 0.15) is 11.5 Å². The molecule has 1 unspecified atom stereocenters. The maximum absolute atomic E-state index is 13.2. The number of rotatable bonds is 7. The number of ether oxygens (including phenoxy) is 1. The van der Waals surface area contributed by atoms with Gasteiger partial charge in [-0.3, -0.25) is 14.5 Å². The summed E-state index contributed by atoms with van der Waals surface area (Å²) < 4.78 is 5.19. The molecule has 6 nitrogen and oxygen atoms in total. The quantitative estimate of drug-likeness (QED) is 0.577. The van der Waals surface area contributed by atoms with Crippen molar-refractivity contribution in [3.63, 3.8) is 0 Å². The minimum Gasteiger partial charge on any atom is -0.508 e. The molecular formula is C26H23NO5. The largest absolute Gasteiger partial charge is 0.508 e. The van der Waals surface area contributed by atoms with E-state index < -0.39 is 17.7 Å². The molecule has 4 rings (SSSR count). The van der Waals surface area contributed by atoms with E-state index in [0.29, 0.717) is 23.4 Å². The van der Waals surface area contributed by atoms with Crippen molar-refractivity contribution in [2.24, 2.45) is 0 Å². The second-order valence-corrected chi connectivity index (χ2v) is 7.54. The molecule has 0 radical (unpaired) electrons. The van der Waals surface area contributed by atoms with Gasteiger partial charge in [0.25, 0.3) is 5.91 Å². The number of Topliss-reactive ketones (excluding diaryl/α,β-unsaturated/α-hetero) is 1. The zero-order chi connectivity index (χ0) is 22.7. The normalized spacial score (nSPS) is 15.8. The van der Waals surface area contributed by atoms with Gasteiger partial charge in [0.15, 0.2) is 11.5 Å². The molecule has 6 heteroatoms. The Kier molecular flexibility index (Phi) is 5.94. The molecule has 0 saturated carbocycles. The number of nitrogens with zero attached hydrogens (tertiary/aromatic N) is 1. The first kappa shape index (κ1) is 21.2. The number of hydrogen-bond acceptors (Lipinski definition) is 5. The molecule has 1 amide bonds. The molecule has 0 fully saturated rings. The van der Waals surface area contributed by atoms with Crippen molar-refractivity contribution in [3.8, 4) is 11.5 Å². The summed E-state index contributed by atoms with van der Waals surface area (Å²) in [7, 11) is 1.54. The fourth-order valence-corrected chi connectivity index (χ4v) is 3.95. The number of benzene rings is 3. The summed E-state index contributed by atoms with van der Waals surface area (Å²) >= 11 is 0. The molecule has 0 aromatic heterocycles. The topological polar surface area (TPSA) is 87.1 Å². The Morgan fingerprint density at radius 2 is 1.69 bits per heavy atom. The molecule has 162 valence electrons. The van der Waals surface area contributed by atoms with Crippen molar-refractivity contribution >= 4 is 17.4 Å². The zero-order valence-electron chi connectivity index (χ0n) is 17.6. The van der Waals surface area contributed by atoms with Crippen LogP contribution >= 0.6 is 0 Å². The number of carbonyl (C=O) groups excluding carboxylic acids is 2. The molecule has 32 heavy (non-hydrogen) atoms. The first-order valence-electron chi connectivity index (χ1n) is 10.3. The Balaban J connectivity index is 1.72. The highest BCUT2D eigenvalue weighted by Crippen LogP contribution is 2.42. The Morgan fingerprint density at radius 1 is 0.969 bits per heavy atom. The molecule has 1 aliphatic rings. The van der Waals surface area contributed by atoms with E-state index in [1.54, 1.807) is 43.5 Å². The number of aryl methyl sites for hydroxylation is 1. The number of ketones is 1. The highest BCUT2D eigenvalue weighted by Gasteiger charge is 2.44. The minimum atomic E-state index is -0.855. The molecule has 0 aliphatic carbocycles. The summed E-state index contributed by atoms with van der Waals surface area (Å²) in [5, 5.41) is 20.8. The van der Waals surface area contributed by atoms with E-state index >= 15 is 0 Å². The predicted molar refractivity (Wildman–Crippen MR) is 121 cm³/mol. The van der Waals surface area contributed by atoms with Crippen LogP contribution in [0.15, 0.2) is 90.2 Å². The van der Waals surface area contributed by atoms with Crippen molar-refractivity contribution in [3.05, 3.63) is 101 Å². The Bertz CT molecular complexity index is 1170. The van der Waals surface area contributed by atoms with E-state index in [0.717, 1.165) is 5.56 Å². The van der Waals surface area contributed by atoms with E-state index in [4.69, 9.17) is 4.74 Å². The molecule has 0 bridgehead atoms. The number of phenols is 1. The van der Waals surface area contributed by atoms with Crippen LogP contribution in [-0.4, -0.2) is 29.0 Å². The summed E-state index contributed by atoms with van der Waals surface area (Å²) in [6.07, 6.45) is 0.627. The summed E-state index contributed by atoms with van der Waals surface area (Å²) in [5.74, 6) is -0.916. The third-order valence-electron chi connectivity index (χ3n) is 5.53. The second-order valence-electron chi connectivity index (χ2n) is 7.54. The number of aromatic hydroxyl groups is 1. The van der Waals surface area contributed by atoms with Crippen LogP contribution in [0.2, 0.25) is 0 Å². The number of aliphatic hydroxyl groups is 1. The summed E-state index contributed by atoms with van der Waals surface area (Å²) in [6, 6.07) is 21.9. The molecule has 1 aliphatic heterocycles. The van der Waals surface area contributed by atoms with Gasteiger partial charge in [-0.15, -0.1) is 0 Å². The molecule has 1 atom stereocenters. The summed E-state index contributed by atoms with van der Waals surface area (Å²) in [6.45, 7) is 0. The highest BCUT2D eigenvalue weighted by molar-refractivity contribution is 6.16. The van der Waals surface area contributed by atoms with Gasteiger partial charge in [-0.1, -0.05) is 42.5 Å². The lowest BCUT2D eigenvalue weighted by Gasteiger charge is -2.27. The van der Waals surface area contributed by atoms with E-state index in [2.05, 4.69) is 0 Å². The van der Waals surface area contributed by atoms with Crippen LogP contribution in [0.3, 0.4) is 0 Å². The highest BCUT2D eigenvalue weighted by atomic mass is 16.5. The first-order valence-corrected chi connectivity index (χ1v) is 10.3. The average Bonchev–Trinajstić information content (AvgIpc) is 3.09. The standard InChI is InChI=1S/C26H23NO5/c1-32-21-13-11-19(12-14-21)27-24(18-8-5-9-20(28)16-18)23(25(30)26(27)31)22(29)15-10-17-6-3-2-4-7-17/h2-9,11-14,16,24,28,30H,10,15H2,1H3. The second kappa shape index (κ2) is 8.98. The number of anilines is 1. The van der Waals surface area contributed by atoms with E-state index in [1.165, 1.54) is 17.0 Å². The average molecular weight is 429 g/mol. The Hall–Kier alpha value is -4.06. The third-order valence-corrected chi connectivity index (χ3v) is 5.53. The lowest BCUT2D eigenvalue weighted by molar-refractivity contribution is -0.118. The number of methoxy groups -OCH3 is 1. The minimum absolute atomic E-state index is 0.00658. The maximum atomic E-state index is 13.2. The van der Waals surface area contributed by atoms with E-state index in [9.17, 15) is 19.8 Å². The van der Waals surface area contributed by atoms with Crippen LogP contribution in [0.1, 0.15) is 23.6 Å². The van der Waals surface area contributed by atoms with Gasteiger partial charge in [-0.2, -0.15) is 0 Å². The van der Waals surface area contributed by atoms with Crippen LogP contribution in [0.25, 0.3) is 0 Å². The molecule has 3 aromatic rings. The van der Waals surface area contributed by atoms with Crippen molar-refractivity contribution in [1.29, 1.82) is 0 Å². The lowest BCUT2D eigenvalue weighted by atomic mass is 9.93. The van der Waals surface area contributed by atoms with Crippen molar-refractivity contribution in [1.82, 2.24) is 0 Å². The molecule has 0 saturated heterocycles. The van der Waals surface area contributed by atoms with Gasteiger partial charge >= 0.3 is 0 Å². The van der Waals surface area contributed by atoms with Crippen molar-refractivity contribution in [2.75, 3.05) is 12.0 Å². The van der Waals surface area contributed by atoms with Crippen LogP contribution in [0.4, 0.5) is 5.69 Å². The molecule has 1 heterocycles. The number of hydrogen-bond donors (Lipinski definition) is 2. The maximum Gasteiger partial charge on any atom is 0.294 e. The van der Waals surface area contributed by atoms with Crippen LogP contribution in [0.5, 0.6) is 11.5 Å². The number of carbonyl (C=O) groups is 2. The molecular weight excluding hydrogens is 406 g/mol. The fraction of sp³-hybridized carbons (Fsp3) is 0.154. The van der Waals surface area contributed by atoms with E-state index in [1.807, 2.05) is 30.3 Å². The lowest BCUT2D eigenvalue weighted by Crippen LogP contribution is -2.31.